The SMILES string of the molecule is CCc1ccc(C(C)NC2CCSc3ccc(Cl)cc32)s1. The zero-order valence-corrected chi connectivity index (χ0v) is 14.7. The summed E-state index contributed by atoms with van der Waals surface area (Å²) >= 11 is 10.0. The number of thioether (sulfide) groups is 1. The molecule has 2 unspecified atom stereocenters. The molecule has 0 bridgehead atoms. The number of thiophene rings is 1. The van der Waals surface area contributed by atoms with Gasteiger partial charge in [0.05, 0.1) is 0 Å². The van der Waals surface area contributed by atoms with Gasteiger partial charge in [-0.3, -0.25) is 0 Å². The fourth-order valence-electron chi connectivity index (χ4n) is 2.74. The van der Waals surface area contributed by atoms with Crippen LogP contribution in [-0.2, 0) is 6.42 Å². The molecule has 0 amide bonds. The van der Waals surface area contributed by atoms with Crippen molar-refractivity contribution in [2.24, 2.45) is 0 Å². The van der Waals surface area contributed by atoms with Crippen LogP contribution < -0.4 is 5.32 Å². The van der Waals surface area contributed by atoms with E-state index >= 15 is 0 Å². The zero-order valence-electron chi connectivity index (χ0n) is 12.4. The first-order valence-corrected chi connectivity index (χ1v) is 9.62. The summed E-state index contributed by atoms with van der Waals surface area (Å²) in [4.78, 5) is 4.26. The highest BCUT2D eigenvalue weighted by Gasteiger charge is 2.23. The maximum absolute atomic E-state index is 6.18. The largest absolute Gasteiger partial charge is 0.303 e. The van der Waals surface area contributed by atoms with Gasteiger partial charge in [0.15, 0.2) is 0 Å². The molecule has 21 heavy (non-hydrogen) atoms. The highest BCUT2D eigenvalue weighted by Crippen LogP contribution is 2.39. The summed E-state index contributed by atoms with van der Waals surface area (Å²) < 4.78 is 0. The predicted octanol–water partition coefficient (Wildman–Crippen LogP) is 5.85. The van der Waals surface area contributed by atoms with E-state index in [1.54, 1.807) is 0 Å². The van der Waals surface area contributed by atoms with Gasteiger partial charge in [-0.05, 0) is 61.4 Å². The van der Waals surface area contributed by atoms with Gasteiger partial charge < -0.3 is 5.32 Å². The van der Waals surface area contributed by atoms with Crippen LogP contribution in [-0.4, -0.2) is 5.75 Å². The number of rotatable bonds is 4. The molecule has 2 heterocycles. The van der Waals surface area contributed by atoms with Gasteiger partial charge >= 0.3 is 0 Å². The van der Waals surface area contributed by atoms with Crippen molar-refractivity contribution in [3.8, 4) is 0 Å². The quantitative estimate of drug-likeness (QED) is 0.750. The third-order valence-corrected chi connectivity index (χ3v) is 6.69. The monoisotopic (exact) mass is 337 g/mol. The van der Waals surface area contributed by atoms with Crippen molar-refractivity contribution in [1.29, 1.82) is 0 Å². The van der Waals surface area contributed by atoms with Crippen LogP contribution in [0.3, 0.4) is 0 Å². The molecule has 2 atom stereocenters. The molecule has 0 radical (unpaired) electrons. The van der Waals surface area contributed by atoms with Gasteiger partial charge in [0.25, 0.3) is 0 Å². The average Bonchev–Trinajstić information content (AvgIpc) is 2.97. The van der Waals surface area contributed by atoms with E-state index in [0.29, 0.717) is 12.1 Å². The van der Waals surface area contributed by atoms with Gasteiger partial charge in [0, 0.05) is 31.8 Å². The zero-order chi connectivity index (χ0) is 14.8. The first-order valence-electron chi connectivity index (χ1n) is 7.44. The summed E-state index contributed by atoms with van der Waals surface area (Å²) in [5.74, 6) is 1.17. The highest BCUT2D eigenvalue weighted by molar-refractivity contribution is 7.99. The Labute approximate surface area is 140 Å². The van der Waals surface area contributed by atoms with Crippen LogP contribution >= 0.6 is 34.7 Å². The molecule has 0 saturated heterocycles. The third-order valence-electron chi connectivity index (χ3n) is 3.92. The molecule has 112 valence electrons. The molecule has 0 spiro atoms. The van der Waals surface area contributed by atoms with Crippen LogP contribution in [0.4, 0.5) is 0 Å². The number of benzene rings is 1. The van der Waals surface area contributed by atoms with Gasteiger partial charge in [-0.2, -0.15) is 0 Å². The molecule has 3 rings (SSSR count). The fourth-order valence-corrected chi connectivity index (χ4v) is 4.99. The number of fused-ring (bicyclic) bond motifs is 1. The van der Waals surface area contributed by atoms with Crippen LogP contribution in [0.2, 0.25) is 5.02 Å². The van der Waals surface area contributed by atoms with Gasteiger partial charge in [0.1, 0.15) is 0 Å². The lowest BCUT2D eigenvalue weighted by Gasteiger charge is -2.28. The van der Waals surface area contributed by atoms with Crippen molar-refractivity contribution < 1.29 is 0 Å². The Morgan fingerprint density at radius 3 is 2.95 bits per heavy atom. The van der Waals surface area contributed by atoms with E-state index in [2.05, 4.69) is 43.4 Å². The second-order valence-electron chi connectivity index (χ2n) is 5.42. The number of halogens is 1. The lowest BCUT2D eigenvalue weighted by Crippen LogP contribution is -2.26. The van der Waals surface area contributed by atoms with Gasteiger partial charge in [-0.15, -0.1) is 23.1 Å². The molecule has 1 aliphatic heterocycles. The number of hydrogen-bond acceptors (Lipinski definition) is 3. The van der Waals surface area contributed by atoms with Crippen molar-refractivity contribution in [3.05, 3.63) is 50.7 Å². The maximum Gasteiger partial charge on any atom is 0.0410 e. The Morgan fingerprint density at radius 1 is 1.33 bits per heavy atom. The molecular formula is C17H20ClNS2. The Morgan fingerprint density at radius 2 is 2.19 bits per heavy atom. The molecule has 1 aromatic heterocycles. The molecule has 1 nitrogen and oxygen atoms in total. The molecule has 4 heteroatoms. The Hall–Kier alpha value is -0.480. The predicted molar refractivity (Wildman–Crippen MR) is 94.8 cm³/mol. The van der Waals surface area contributed by atoms with E-state index < -0.39 is 0 Å². The Bertz CT molecular complexity index is 623. The lowest BCUT2D eigenvalue weighted by atomic mass is 10.0. The Balaban J connectivity index is 1.78. The second kappa shape index (κ2) is 6.74. The summed E-state index contributed by atoms with van der Waals surface area (Å²) in [6.45, 7) is 4.47. The van der Waals surface area contributed by atoms with Crippen molar-refractivity contribution >= 4 is 34.7 Å². The third kappa shape index (κ3) is 3.48. The summed E-state index contributed by atoms with van der Waals surface area (Å²) in [5, 5.41) is 4.63. The standard InChI is InChI=1S/C17H20ClNS2/c1-3-13-5-7-16(21-13)11(2)19-15-8-9-20-17-6-4-12(18)10-14(15)17/h4-7,10-11,15,19H,3,8-9H2,1-2H3. The van der Waals surface area contributed by atoms with Crippen molar-refractivity contribution in [2.75, 3.05) is 5.75 Å². The molecule has 0 saturated carbocycles. The molecule has 0 fully saturated rings. The molecule has 1 aromatic carbocycles. The van der Waals surface area contributed by atoms with Crippen LogP contribution in [0.1, 0.15) is 47.7 Å². The highest BCUT2D eigenvalue weighted by atomic mass is 35.5. The van der Waals surface area contributed by atoms with Crippen LogP contribution in [0, 0.1) is 0 Å². The van der Waals surface area contributed by atoms with Crippen molar-refractivity contribution in [1.82, 2.24) is 5.32 Å². The minimum Gasteiger partial charge on any atom is -0.303 e. The van der Waals surface area contributed by atoms with Gasteiger partial charge in [-0.1, -0.05) is 18.5 Å². The number of hydrogen-bond donors (Lipinski definition) is 1. The summed E-state index contributed by atoms with van der Waals surface area (Å²) in [6.07, 6.45) is 2.28. The topological polar surface area (TPSA) is 12.0 Å². The maximum atomic E-state index is 6.18. The van der Waals surface area contributed by atoms with Crippen LogP contribution in [0.25, 0.3) is 0 Å². The van der Waals surface area contributed by atoms with E-state index in [1.807, 2.05) is 29.2 Å². The first kappa shape index (κ1) is 15.4. The van der Waals surface area contributed by atoms with E-state index in [0.717, 1.165) is 17.9 Å². The summed E-state index contributed by atoms with van der Waals surface area (Å²) in [5.41, 5.74) is 1.36. The minimum absolute atomic E-state index is 0.384. The number of nitrogens with one attached hydrogen (secondary N) is 1. The van der Waals surface area contributed by atoms with Gasteiger partial charge in [-0.25, -0.2) is 0 Å². The van der Waals surface area contributed by atoms with Gasteiger partial charge in [0.2, 0.25) is 0 Å². The average molecular weight is 338 g/mol. The Kier molecular flexibility index (Phi) is 4.95. The lowest BCUT2D eigenvalue weighted by molar-refractivity contribution is 0.454. The first-order chi connectivity index (χ1) is 10.2. The van der Waals surface area contributed by atoms with Crippen LogP contribution in [0.5, 0.6) is 0 Å². The van der Waals surface area contributed by atoms with E-state index in [1.165, 1.54) is 26.0 Å². The fraction of sp³-hybridized carbons (Fsp3) is 0.412. The molecule has 1 aliphatic rings. The molecule has 0 aliphatic carbocycles. The van der Waals surface area contributed by atoms with Crippen molar-refractivity contribution in [3.63, 3.8) is 0 Å². The molecular weight excluding hydrogens is 318 g/mol. The van der Waals surface area contributed by atoms with E-state index in [-0.39, 0.29) is 0 Å². The molecule has 1 N–H and O–H groups in total. The normalized spacial score (nSPS) is 19.3. The van der Waals surface area contributed by atoms with E-state index in [9.17, 15) is 0 Å². The van der Waals surface area contributed by atoms with Crippen LogP contribution in [0.15, 0.2) is 35.2 Å². The summed E-state index contributed by atoms with van der Waals surface area (Å²) in [7, 11) is 0. The smallest absolute Gasteiger partial charge is 0.0410 e. The minimum atomic E-state index is 0.384. The van der Waals surface area contributed by atoms with E-state index in [4.69, 9.17) is 11.6 Å². The second-order valence-corrected chi connectivity index (χ2v) is 8.19. The summed E-state index contributed by atoms with van der Waals surface area (Å²) in [6, 6.07) is 11.6. The number of aryl methyl sites for hydroxylation is 1. The van der Waals surface area contributed by atoms with Crippen molar-refractivity contribution in [2.45, 2.75) is 43.7 Å². The molecule has 2 aromatic rings.